The molecule has 0 amide bonds. The first-order valence-electron chi connectivity index (χ1n) is 8.67. The number of rotatable bonds is 6. The largest absolute Gasteiger partial charge is 0.295 e. The molecule has 1 nitrogen and oxygen atoms in total. The van der Waals surface area contributed by atoms with Crippen LogP contribution in [0.1, 0.15) is 50.2 Å². The molecule has 0 spiro atoms. The van der Waals surface area contributed by atoms with Gasteiger partial charge in [0.05, 0.1) is 0 Å². The third-order valence-corrected chi connectivity index (χ3v) is 4.88. The Labute approximate surface area is 140 Å². The van der Waals surface area contributed by atoms with E-state index in [-0.39, 0.29) is 5.78 Å². The number of hydrogen-bond donors (Lipinski definition) is 0. The molecule has 0 aliphatic heterocycles. The van der Waals surface area contributed by atoms with Crippen molar-refractivity contribution >= 4 is 11.9 Å². The first-order chi connectivity index (χ1) is 11.1. The second-order valence-corrected chi connectivity index (χ2v) is 6.71. The fourth-order valence-electron chi connectivity index (χ4n) is 3.55. The van der Waals surface area contributed by atoms with Crippen molar-refractivity contribution in [2.45, 2.75) is 46.0 Å². The predicted molar refractivity (Wildman–Crippen MR) is 99.2 cm³/mol. The lowest BCUT2D eigenvalue weighted by Gasteiger charge is -2.31. The van der Waals surface area contributed by atoms with Crippen molar-refractivity contribution < 1.29 is 4.79 Å². The zero-order valence-corrected chi connectivity index (χ0v) is 14.4. The first-order valence-corrected chi connectivity index (χ1v) is 8.67. The molecule has 2 rings (SSSR count). The average Bonchev–Trinajstić information content (AvgIpc) is 2.55. The van der Waals surface area contributed by atoms with Gasteiger partial charge in [-0.05, 0) is 50.2 Å². The van der Waals surface area contributed by atoms with E-state index in [1.807, 2.05) is 12.2 Å². The Hall–Kier alpha value is -1.89. The Morgan fingerprint density at radius 3 is 2.61 bits per heavy atom. The fraction of sp³-hybridized carbons (Fsp3) is 0.409. The molecule has 1 heteroatoms. The first kappa shape index (κ1) is 17.5. The summed E-state index contributed by atoms with van der Waals surface area (Å²) in [5, 5.41) is 0. The molecule has 23 heavy (non-hydrogen) atoms. The zero-order chi connectivity index (χ0) is 16.7. The molecule has 1 saturated carbocycles. The Balaban J connectivity index is 1.98. The predicted octanol–water partition coefficient (Wildman–Crippen LogP) is 5.91. The van der Waals surface area contributed by atoms with E-state index in [0.717, 1.165) is 12.0 Å². The standard InChI is InChI=1S/C22H28O/c1-4-7-18(3)22-9-6-5-8-20(22)16-21(23)15-14-19-12-10-17(2)11-13-19/h4,7,10-15,20,22H,1,5-6,8-9,16H2,2-3H3/b15-14+,18-7+/t20-,22-/m1/s1. The summed E-state index contributed by atoms with van der Waals surface area (Å²) >= 11 is 0. The molecule has 1 aliphatic carbocycles. The number of benzene rings is 1. The number of ketones is 1. The molecule has 0 bridgehead atoms. The van der Waals surface area contributed by atoms with Crippen molar-refractivity contribution in [2.24, 2.45) is 11.8 Å². The van der Waals surface area contributed by atoms with Gasteiger partial charge < -0.3 is 0 Å². The molecule has 0 N–H and O–H groups in total. The third-order valence-electron chi connectivity index (χ3n) is 4.88. The summed E-state index contributed by atoms with van der Waals surface area (Å²) in [4.78, 5) is 12.4. The Bertz CT molecular complexity index is 589. The molecule has 0 radical (unpaired) electrons. The van der Waals surface area contributed by atoms with Crippen LogP contribution in [0.3, 0.4) is 0 Å². The smallest absolute Gasteiger partial charge is 0.156 e. The summed E-state index contributed by atoms with van der Waals surface area (Å²) in [6.45, 7) is 8.04. The van der Waals surface area contributed by atoms with Gasteiger partial charge in [0.15, 0.2) is 5.78 Å². The molecule has 1 aliphatic rings. The van der Waals surface area contributed by atoms with Gasteiger partial charge >= 0.3 is 0 Å². The highest BCUT2D eigenvalue weighted by Crippen LogP contribution is 2.37. The van der Waals surface area contributed by atoms with Crippen molar-refractivity contribution in [3.05, 3.63) is 65.8 Å². The fourth-order valence-corrected chi connectivity index (χ4v) is 3.55. The van der Waals surface area contributed by atoms with Crippen molar-refractivity contribution in [2.75, 3.05) is 0 Å². The number of allylic oxidation sites excluding steroid dienone is 4. The van der Waals surface area contributed by atoms with Crippen LogP contribution in [0.5, 0.6) is 0 Å². The number of aryl methyl sites for hydroxylation is 1. The minimum atomic E-state index is 0.244. The average molecular weight is 308 g/mol. The normalized spacial score (nSPS) is 22.3. The van der Waals surface area contributed by atoms with Gasteiger partial charge in [0.2, 0.25) is 0 Å². The summed E-state index contributed by atoms with van der Waals surface area (Å²) in [6.07, 6.45) is 13.2. The van der Waals surface area contributed by atoms with E-state index in [4.69, 9.17) is 0 Å². The van der Waals surface area contributed by atoms with Crippen LogP contribution in [0.2, 0.25) is 0 Å². The van der Waals surface area contributed by atoms with Crippen LogP contribution in [0.15, 0.2) is 54.6 Å². The van der Waals surface area contributed by atoms with Gasteiger partial charge in [-0.2, -0.15) is 0 Å². The van der Waals surface area contributed by atoms with Crippen LogP contribution in [0, 0.1) is 18.8 Å². The molecule has 0 heterocycles. The molecule has 1 aromatic carbocycles. The van der Waals surface area contributed by atoms with Crippen LogP contribution in [0.4, 0.5) is 0 Å². The van der Waals surface area contributed by atoms with E-state index in [9.17, 15) is 4.79 Å². The van der Waals surface area contributed by atoms with Gasteiger partial charge in [0.25, 0.3) is 0 Å². The van der Waals surface area contributed by atoms with Crippen molar-refractivity contribution in [1.82, 2.24) is 0 Å². The van der Waals surface area contributed by atoms with Gasteiger partial charge in [-0.15, -0.1) is 0 Å². The third kappa shape index (κ3) is 5.35. The lowest BCUT2D eigenvalue weighted by Crippen LogP contribution is -2.22. The SMILES string of the molecule is C=C/C=C(\C)[C@H]1CCCC[C@@H]1CC(=O)/C=C/c1ccc(C)cc1. The summed E-state index contributed by atoms with van der Waals surface area (Å²) in [7, 11) is 0. The molecule has 1 fully saturated rings. The van der Waals surface area contributed by atoms with Crippen molar-refractivity contribution in [3.8, 4) is 0 Å². The van der Waals surface area contributed by atoms with Crippen LogP contribution in [0.25, 0.3) is 6.08 Å². The van der Waals surface area contributed by atoms with Crippen LogP contribution < -0.4 is 0 Å². The van der Waals surface area contributed by atoms with E-state index in [1.165, 1.54) is 30.4 Å². The van der Waals surface area contributed by atoms with Crippen molar-refractivity contribution in [3.63, 3.8) is 0 Å². The van der Waals surface area contributed by atoms with Crippen molar-refractivity contribution in [1.29, 1.82) is 0 Å². The highest BCUT2D eigenvalue weighted by molar-refractivity contribution is 5.93. The van der Waals surface area contributed by atoms with E-state index in [0.29, 0.717) is 18.3 Å². The van der Waals surface area contributed by atoms with Crippen LogP contribution in [-0.4, -0.2) is 5.78 Å². The maximum atomic E-state index is 12.4. The lowest BCUT2D eigenvalue weighted by atomic mass is 9.73. The summed E-state index contributed by atoms with van der Waals surface area (Å²) < 4.78 is 0. The Morgan fingerprint density at radius 2 is 1.91 bits per heavy atom. The minimum absolute atomic E-state index is 0.244. The highest BCUT2D eigenvalue weighted by Gasteiger charge is 2.27. The molecule has 122 valence electrons. The summed E-state index contributed by atoms with van der Waals surface area (Å²) in [6, 6.07) is 8.26. The molecular formula is C22H28O. The van der Waals surface area contributed by atoms with E-state index >= 15 is 0 Å². The van der Waals surface area contributed by atoms with Gasteiger partial charge in [0.1, 0.15) is 0 Å². The van der Waals surface area contributed by atoms with Crippen LogP contribution in [-0.2, 0) is 4.79 Å². The molecular weight excluding hydrogens is 280 g/mol. The monoisotopic (exact) mass is 308 g/mol. The van der Waals surface area contributed by atoms with Crippen LogP contribution >= 0.6 is 0 Å². The highest BCUT2D eigenvalue weighted by atomic mass is 16.1. The number of carbonyl (C=O) groups is 1. The Morgan fingerprint density at radius 1 is 1.22 bits per heavy atom. The molecule has 0 aromatic heterocycles. The van der Waals surface area contributed by atoms with Gasteiger partial charge in [-0.1, -0.05) is 73.1 Å². The molecule has 0 unspecified atom stereocenters. The Kier molecular flexibility index (Phi) is 6.58. The quantitative estimate of drug-likeness (QED) is 0.472. The molecule has 0 saturated heterocycles. The van der Waals surface area contributed by atoms with E-state index < -0.39 is 0 Å². The second kappa shape index (κ2) is 8.67. The minimum Gasteiger partial charge on any atom is -0.295 e. The zero-order valence-electron chi connectivity index (χ0n) is 14.4. The van der Waals surface area contributed by atoms with Gasteiger partial charge in [-0.3, -0.25) is 4.79 Å². The lowest BCUT2D eigenvalue weighted by molar-refractivity contribution is -0.115. The molecule has 2 atom stereocenters. The number of hydrogen-bond acceptors (Lipinski definition) is 1. The summed E-state index contributed by atoms with van der Waals surface area (Å²) in [5.74, 6) is 1.27. The molecule has 1 aromatic rings. The number of carbonyl (C=O) groups excluding carboxylic acids is 1. The second-order valence-electron chi connectivity index (χ2n) is 6.71. The maximum Gasteiger partial charge on any atom is 0.156 e. The van der Waals surface area contributed by atoms with Gasteiger partial charge in [0, 0.05) is 6.42 Å². The summed E-state index contributed by atoms with van der Waals surface area (Å²) in [5.41, 5.74) is 3.70. The maximum absolute atomic E-state index is 12.4. The van der Waals surface area contributed by atoms with E-state index in [1.54, 1.807) is 6.08 Å². The van der Waals surface area contributed by atoms with E-state index in [2.05, 4.69) is 50.8 Å². The topological polar surface area (TPSA) is 17.1 Å². The van der Waals surface area contributed by atoms with Gasteiger partial charge in [-0.25, -0.2) is 0 Å².